The number of rotatable bonds is 4. The average molecular weight is 232 g/mol. The van der Waals surface area contributed by atoms with E-state index in [1.807, 2.05) is 10.8 Å². The quantitative estimate of drug-likeness (QED) is 0.645. The fraction of sp³-hybridized carbons (Fsp3) is 0.182. The minimum atomic E-state index is -0.392. The van der Waals surface area contributed by atoms with Crippen molar-refractivity contribution in [2.24, 2.45) is 0 Å². The second kappa shape index (κ2) is 4.65. The molecule has 0 radical (unpaired) electrons. The van der Waals surface area contributed by atoms with E-state index in [-0.39, 0.29) is 5.69 Å². The number of non-ortho nitro benzene ring substituents is 1. The summed E-state index contributed by atoms with van der Waals surface area (Å²) in [5.41, 5.74) is 1.84. The maximum Gasteiger partial charge on any atom is 0.269 e. The molecule has 0 saturated heterocycles. The zero-order chi connectivity index (χ0) is 12.3. The van der Waals surface area contributed by atoms with Gasteiger partial charge in [-0.1, -0.05) is 0 Å². The van der Waals surface area contributed by atoms with Crippen molar-refractivity contribution >= 4 is 11.4 Å². The molecular weight excluding hydrogens is 220 g/mol. The number of nitro groups is 1. The molecule has 0 amide bonds. The molecule has 1 heterocycles. The molecule has 0 unspecified atom stereocenters. The first-order chi connectivity index (χ1) is 8.20. The van der Waals surface area contributed by atoms with Crippen LogP contribution in [0, 0.1) is 10.1 Å². The summed E-state index contributed by atoms with van der Waals surface area (Å²) in [7, 11) is 1.79. The number of benzene rings is 1. The van der Waals surface area contributed by atoms with Crippen LogP contribution in [0.25, 0.3) is 0 Å². The highest BCUT2D eigenvalue weighted by Gasteiger charge is 2.10. The summed E-state index contributed by atoms with van der Waals surface area (Å²) >= 11 is 0. The van der Waals surface area contributed by atoms with Gasteiger partial charge in [0.05, 0.1) is 17.8 Å². The summed E-state index contributed by atoms with van der Waals surface area (Å²) < 4.78 is 1.86. The molecule has 0 aliphatic heterocycles. The maximum absolute atomic E-state index is 10.7. The first kappa shape index (κ1) is 11.1. The summed E-state index contributed by atoms with van der Waals surface area (Å²) in [6, 6.07) is 4.78. The van der Waals surface area contributed by atoms with Crippen molar-refractivity contribution in [3.63, 3.8) is 0 Å². The van der Waals surface area contributed by atoms with E-state index in [2.05, 4.69) is 10.3 Å². The van der Waals surface area contributed by atoms with Gasteiger partial charge in [-0.05, 0) is 6.07 Å². The number of hydrogen-bond acceptors (Lipinski definition) is 4. The molecule has 88 valence electrons. The highest BCUT2D eigenvalue weighted by molar-refractivity contribution is 5.55. The van der Waals surface area contributed by atoms with E-state index in [9.17, 15) is 10.1 Å². The van der Waals surface area contributed by atoms with E-state index >= 15 is 0 Å². The molecule has 17 heavy (non-hydrogen) atoms. The number of nitro benzene ring substituents is 1. The molecule has 1 N–H and O–H groups in total. The van der Waals surface area contributed by atoms with Gasteiger partial charge in [0.2, 0.25) is 0 Å². The van der Waals surface area contributed by atoms with Gasteiger partial charge >= 0.3 is 0 Å². The fourth-order valence-electron chi connectivity index (χ4n) is 1.65. The third-order valence-electron chi connectivity index (χ3n) is 2.48. The Morgan fingerprint density at radius 1 is 1.53 bits per heavy atom. The Bertz CT molecular complexity index is 522. The Balaban J connectivity index is 2.35. The van der Waals surface area contributed by atoms with Gasteiger partial charge in [0.1, 0.15) is 0 Å². The smallest absolute Gasteiger partial charge is 0.269 e. The molecule has 0 fully saturated rings. The van der Waals surface area contributed by atoms with Crippen LogP contribution in [0.1, 0.15) is 5.56 Å². The summed E-state index contributed by atoms with van der Waals surface area (Å²) in [6.45, 7) is 0.553. The van der Waals surface area contributed by atoms with Crippen LogP contribution >= 0.6 is 0 Å². The van der Waals surface area contributed by atoms with E-state index in [1.165, 1.54) is 6.07 Å². The van der Waals surface area contributed by atoms with E-state index in [1.54, 1.807) is 31.7 Å². The highest BCUT2D eigenvalue weighted by atomic mass is 16.6. The van der Waals surface area contributed by atoms with Crippen LogP contribution in [-0.4, -0.2) is 21.5 Å². The molecule has 6 heteroatoms. The van der Waals surface area contributed by atoms with E-state index < -0.39 is 4.92 Å². The molecule has 0 saturated carbocycles. The summed E-state index contributed by atoms with van der Waals surface area (Å²) in [4.78, 5) is 14.3. The molecule has 0 bridgehead atoms. The number of nitrogens with one attached hydrogen (secondary N) is 1. The molecule has 6 nitrogen and oxygen atoms in total. The van der Waals surface area contributed by atoms with Crippen molar-refractivity contribution in [2.45, 2.75) is 6.54 Å². The molecule has 1 aromatic heterocycles. The predicted molar refractivity (Wildman–Crippen MR) is 64.0 cm³/mol. The number of aromatic nitrogens is 2. The lowest BCUT2D eigenvalue weighted by molar-refractivity contribution is -0.384. The normalized spacial score (nSPS) is 10.2. The number of nitrogens with zero attached hydrogens (tertiary/aromatic N) is 3. The van der Waals surface area contributed by atoms with Gasteiger partial charge in [0.15, 0.2) is 0 Å². The van der Waals surface area contributed by atoms with Crippen molar-refractivity contribution in [2.75, 3.05) is 12.4 Å². The van der Waals surface area contributed by atoms with Crippen LogP contribution in [0.15, 0.2) is 36.9 Å². The Kier molecular flexibility index (Phi) is 3.04. The lowest BCUT2D eigenvalue weighted by Crippen LogP contribution is -2.02. The molecule has 1 aromatic carbocycles. The summed E-state index contributed by atoms with van der Waals surface area (Å²) in [5, 5.41) is 13.7. The number of imidazole rings is 1. The molecule has 0 spiro atoms. The molecule has 2 aromatic rings. The first-order valence-corrected chi connectivity index (χ1v) is 5.11. The van der Waals surface area contributed by atoms with Crippen molar-refractivity contribution in [3.05, 3.63) is 52.6 Å². The van der Waals surface area contributed by atoms with Crippen molar-refractivity contribution < 1.29 is 4.92 Å². The molecule has 0 aliphatic rings. The van der Waals surface area contributed by atoms with Crippen LogP contribution in [0.4, 0.5) is 11.4 Å². The standard InChI is InChI=1S/C11H12N4O2/c1-12-11-3-2-10(15(16)17)6-9(11)7-14-5-4-13-8-14/h2-6,8,12H,7H2,1H3. The molecule has 0 atom stereocenters. The average Bonchev–Trinajstić information content (AvgIpc) is 2.81. The van der Waals surface area contributed by atoms with Crippen LogP contribution in [-0.2, 0) is 6.54 Å². The van der Waals surface area contributed by atoms with Gasteiger partial charge < -0.3 is 9.88 Å². The molecular formula is C11H12N4O2. The number of anilines is 1. The second-order valence-electron chi connectivity index (χ2n) is 3.58. The van der Waals surface area contributed by atoms with Crippen LogP contribution in [0.5, 0.6) is 0 Å². The van der Waals surface area contributed by atoms with Gasteiger partial charge in [-0.2, -0.15) is 0 Å². The summed E-state index contributed by atoms with van der Waals surface area (Å²) in [5.74, 6) is 0. The first-order valence-electron chi connectivity index (χ1n) is 5.11. The zero-order valence-corrected chi connectivity index (χ0v) is 9.33. The second-order valence-corrected chi connectivity index (χ2v) is 3.58. The van der Waals surface area contributed by atoms with Crippen LogP contribution in [0.3, 0.4) is 0 Å². The Morgan fingerprint density at radius 3 is 2.94 bits per heavy atom. The lowest BCUT2D eigenvalue weighted by Gasteiger charge is -2.09. The van der Waals surface area contributed by atoms with Gasteiger partial charge in [-0.25, -0.2) is 4.98 Å². The summed E-state index contributed by atoms with van der Waals surface area (Å²) in [6.07, 6.45) is 5.17. The minimum Gasteiger partial charge on any atom is -0.388 e. The maximum atomic E-state index is 10.7. The van der Waals surface area contributed by atoms with Gasteiger partial charge in [-0.15, -0.1) is 0 Å². The molecule has 0 aliphatic carbocycles. The Morgan fingerprint density at radius 2 is 2.35 bits per heavy atom. The largest absolute Gasteiger partial charge is 0.388 e. The number of hydrogen-bond donors (Lipinski definition) is 1. The SMILES string of the molecule is CNc1ccc([N+](=O)[O-])cc1Cn1ccnc1. The van der Waals surface area contributed by atoms with Gasteiger partial charge in [0.25, 0.3) is 5.69 Å². The fourth-order valence-corrected chi connectivity index (χ4v) is 1.65. The predicted octanol–water partition coefficient (Wildman–Crippen LogP) is 1.88. The van der Waals surface area contributed by atoms with Crippen molar-refractivity contribution in [1.82, 2.24) is 9.55 Å². The lowest BCUT2D eigenvalue weighted by atomic mass is 10.1. The Labute approximate surface area is 98.1 Å². The topological polar surface area (TPSA) is 73.0 Å². The highest BCUT2D eigenvalue weighted by Crippen LogP contribution is 2.22. The van der Waals surface area contributed by atoms with Gasteiger partial charge in [-0.3, -0.25) is 10.1 Å². The third-order valence-corrected chi connectivity index (χ3v) is 2.48. The minimum absolute atomic E-state index is 0.0964. The van der Waals surface area contributed by atoms with E-state index in [4.69, 9.17) is 0 Å². The van der Waals surface area contributed by atoms with Crippen molar-refractivity contribution in [1.29, 1.82) is 0 Å². The Hall–Kier alpha value is -2.37. The van der Waals surface area contributed by atoms with Crippen LogP contribution < -0.4 is 5.32 Å². The monoisotopic (exact) mass is 232 g/mol. The van der Waals surface area contributed by atoms with Gasteiger partial charge in [0, 0.05) is 42.8 Å². The zero-order valence-electron chi connectivity index (χ0n) is 9.33. The molecule has 2 rings (SSSR count). The van der Waals surface area contributed by atoms with Crippen molar-refractivity contribution in [3.8, 4) is 0 Å². The van der Waals surface area contributed by atoms with E-state index in [0.29, 0.717) is 6.54 Å². The third kappa shape index (κ3) is 2.41. The van der Waals surface area contributed by atoms with Crippen LogP contribution in [0.2, 0.25) is 0 Å². The van der Waals surface area contributed by atoms with E-state index in [0.717, 1.165) is 11.3 Å².